The molecule has 1 aromatic carbocycles. The van der Waals surface area contributed by atoms with Crippen LogP contribution in [0.3, 0.4) is 0 Å². The molecule has 0 radical (unpaired) electrons. The van der Waals surface area contributed by atoms with E-state index >= 15 is 0 Å². The van der Waals surface area contributed by atoms with Crippen LogP contribution in [0.5, 0.6) is 5.75 Å². The molecule has 0 heterocycles. The van der Waals surface area contributed by atoms with Crippen LogP contribution in [0.2, 0.25) is 0 Å². The molecule has 0 bridgehead atoms. The van der Waals surface area contributed by atoms with Crippen LogP contribution in [-0.2, 0) is 14.8 Å². The number of nitrogens with zero attached hydrogens (tertiary/aromatic N) is 1. The number of nitrogens with one attached hydrogen (secondary N) is 2. The Labute approximate surface area is 154 Å². The van der Waals surface area contributed by atoms with E-state index in [1.165, 1.54) is 23.5 Å². The van der Waals surface area contributed by atoms with Gasteiger partial charge in [-0.15, -0.1) is 0 Å². The molecule has 0 unspecified atom stereocenters. The third-order valence-corrected chi connectivity index (χ3v) is 5.77. The van der Waals surface area contributed by atoms with E-state index in [9.17, 15) is 13.2 Å². The number of ether oxygens (including phenoxy) is 1. The van der Waals surface area contributed by atoms with Crippen LogP contribution >= 0.6 is 12.2 Å². The summed E-state index contributed by atoms with van der Waals surface area (Å²) < 4.78 is 31.9. The van der Waals surface area contributed by atoms with Gasteiger partial charge in [0.1, 0.15) is 5.75 Å². The Kier molecular flexibility index (Phi) is 7.78. The van der Waals surface area contributed by atoms with Gasteiger partial charge in [0.25, 0.3) is 0 Å². The van der Waals surface area contributed by atoms with Crippen molar-refractivity contribution in [3.8, 4) is 5.75 Å². The number of amides is 1. The summed E-state index contributed by atoms with van der Waals surface area (Å²) in [5.74, 6) is -0.0425. The van der Waals surface area contributed by atoms with E-state index in [0.717, 1.165) is 0 Å². The average Bonchev–Trinajstić information content (AvgIpc) is 2.55. The molecule has 0 saturated carbocycles. The van der Waals surface area contributed by atoms with Crippen molar-refractivity contribution in [3.63, 3.8) is 0 Å². The third kappa shape index (κ3) is 5.38. The first kappa shape index (κ1) is 21.3. The predicted octanol–water partition coefficient (Wildman–Crippen LogP) is 2.19. The lowest BCUT2D eigenvalue weighted by Crippen LogP contribution is -2.36. The molecule has 2 N–H and O–H groups in total. The van der Waals surface area contributed by atoms with E-state index in [4.69, 9.17) is 17.0 Å². The first-order chi connectivity index (χ1) is 11.7. The van der Waals surface area contributed by atoms with Gasteiger partial charge < -0.3 is 15.4 Å². The van der Waals surface area contributed by atoms with Crippen molar-refractivity contribution in [2.45, 2.75) is 32.6 Å². The normalized spacial score (nSPS) is 11.5. The van der Waals surface area contributed by atoms with E-state index in [2.05, 4.69) is 10.6 Å². The molecule has 0 saturated heterocycles. The fraction of sp³-hybridized carbons (Fsp3) is 0.500. The van der Waals surface area contributed by atoms with Gasteiger partial charge in [-0.25, -0.2) is 8.42 Å². The largest absolute Gasteiger partial charge is 0.495 e. The molecule has 1 rings (SSSR count). The van der Waals surface area contributed by atoms with Gasteiger partial charge in [0.15, 0.2) is 5.11 Å². The van der Waals surface area contributed by atoms with E-state index < -0.39 is 10.0 Å². The van der Waals surface area contributed by atoms with Crippen LogP contribution < -0.4 is 15.4 Å². The minimum absolute atomic E-state index is 0.0781. The summed E-state index contributed by atoms with van der Waals surface area (Å²) in [6, 6.07) is 4.47. The number of sulfonamides is 1. The fourth-order valence-corrected chi connectivity index (χ4v) is 3.76. The van der Waals surface area contributed by atoms with E-state index in [1.54, 1.807) is 33.8 Å². The van der Waals surface area contributed by atoms with E-state index in [0.29, 0.717) is 24.5 Å². The third-order valence-electron chi connectivity index (χ3n) is 3.52. The lowest BCUT2D eigenvalue weighted by molar-refractivity contribution is -0.122. The maximum atomic E-state index is 12.7. The Bertz CT molecular complexity index is 729. The number of benzene rings is 1. The van der Waals surface area contributed by atoms with Crippen LogP contribution in [0.25, 0.3) is 0 Å². The molecule has 0 fully saturated rings. The molecule has 0 aliphatic rings. The predicted molar refractivity (Wildman–Crippen MR) is 102 cm³/mol. The number of carbonyl (C=O) groups is 1. The second-order valence-electron chi connectivity index (χ2n) is 5.55. The maximum absolute atomic E-state index is 12.7. The van der Waals surface area contributed by atoms with Gasteiger partial charge in [-0.2, -0.15) is 4.31 Å². The summed E-state index contributed by atoms with van der Waals surface area (Å²) in [6.45, 7) is 7.79. The summed E-state index contributed by atoms with van der Waals surface area (Å²) in [7, 11) is -2.15. The Morgan fingerprint density at radius 3 is 2.36 bits per heavy atom. The zero-order valence-corrected chi connectivity index (χ0v) is 16.8. The van der Waals surface area contributed by atoms with Crippen molar-refractivity contribution in [2.75, 3.05) is 25.5 Å². The second-order valence-corrected chi connectivity index (χ2v) is 7.90. The molecule has 0 atom stereocenters. The highest BCUT2D eigenvalue weighted by molar-refractivity contribution is 7.89. The van der Waals surface area contributed by atoms with Crippen LogP contribution in [0.15, 0.2) is 23.1 Å². The van der Waals surface area contributed by atoms with Crippen molar-refractivity contribution >= 4 is 38.9 Å². The Morgan fingerprint density at radius 2 is 1.88 bits per heavy atom. The summed E-state index contributed by atoms with van der Waals surface area (Å²) in [6.07, 6.45) is 0. The van der Waals surface area contributed by atoms with Gasteiger partial charge in [0.2, 0.25) is 15.9 Å². The molecule has 7 nitrogen and oxygen atoms in total. The van der Waals surface area contributed by atoms with Crippen molar-refractivity contribution < 1.29 is 17.9 Å². The zero-order chi connectivity index (χ0) is 19.2. The van der Waals surface area contributed by atoms with Gasteiger partial charge in [0.05, 0.1) is 17.7 Å². The van der Waals surface area contributed by atoms with Crippen molar-refractivity contribution in [2.24, 2.45) is 5.92 Å². The van der Waals surface area contributed by atoms with Crippen molar-refractivity contribution in [1.29, 1.82) is 0 Å². The highest BCUT2D eigenvalue weighted by Gasteiger charge is 2.23. The number of thiocarbonyl (C=S) groups is 1. The van der Waals surface area contributed by atoms with E-state index in [-0.39, 0.29) is 21.8 Å². The molecular formula is C16H25N3O4S2. The quantitative estimate of drug-likeness (QED) is 0.698. The molecule has 0 aliphatic carbocycles. The highest BCUT2D eigenvalue weighted by Crippen LogP contribution is 2.28. The Balaban J connectivity index is 3.15. The summed E-state index contributed by atoms with van der Waals surface area (Å²) in [4.78, 5) is 11.8. The maximum Gasteiger partial charge on any atom is 0.243 e. The van der Waals surface area contributed by atoms with Crippen LogP contribution in [0.1, 0.15) is 27.7 Å². The summed E-state index contributed by atoms with van der Waals surface area (Å²) in [5.41, 5.74) is 0.366. The highest BCUT2D eigenvalue weighted by atomic mass is 32.2. The minimum Gasteiger partial charge on any atom is -0.495 e. The lowest BCUT2D eigenvalue weighted by Gasteiger charge is -2.20. The number of rotatable bonds is 7. The van der Waals surface area contributed by atoms with Crippen molar-refractivity contribution in [1.82, 2.24) is 9.62 Å². The van der Waals surface area contributed by atoms with Gasteiger partial charge >= 0.3 is 0 Å². The topological polar surface area (TPSA) is 87.7 Å². The van der Waals surface area contributed by atoms with Crippen molar-refractivity contribution in [3.05, 3.63) is 18.2 Å². The Hall–Kier alpha value is -1.71. The average molecular weight is 388 g/mol. The zero-order valence-electron chi connectivity index (χ0n) is 15.1. The number of hydrogen-bond acceptors (Lipinski definition) is 5. The molecule has 1 aromatic rings. The molecular weight excluding hydrogens is 362 g/mol. The van der Waals surface area contributed by atoms with Crippen LogP contribution in [0, 0.1) is 5.92 Å². The first-order valence-electron chi connectivity index (χ1n) is 7.97. The molecule has 9 heteroatoms. The summed E-state index contributed by atoms with van der Waals surface area (Å²) >= 11 is 5.11. The number of anilines is 1. The second kappa shape index (κ2) is 9.12. The smallest absolute Gasteiger partial charge is 0.243 e. The number of carbonyl (C=O) groups excluding carboxylic acids is 1. The molecule has 0 aliphatic heterocycles. The first-order valence-corrected chi connectivity index (χ1v) is 9.82. The monoisotopic (exact) mass is 387 g/mol. The van der Waals surface area contributed by atoms with Crippen LogP contribution in [0.4, 0.5) is 5.69 Å². The van der Waals surface area contributed by atoms with Gasteiger partial charge in [-0.1, -0.05) is 27.7 Å². The van der Waals surface area contributed by atoms with E-state index in [1.807, 2.05) is 0 Å². The molecule has 1 amide bonds. The van der Waals surface area contributed by atoms with Gasteiger partial charge in [-0.3, -0.25) is 4.79 Å². The lowest BCUT2D eigenvalue weighted by atomic mass is 10.2. The molecule has 0 aromatic heterocycles. The number of hydrogen-bond donors (Lipinski definition) is 2. The molecule has 140 valence electrons. The molecule has 25 heavy (non-hydrogen) atoms. The SMILES string of the molecule is CCN(CC)S(=O)(=O)c1ccc(OC)c(NC(=S)NC(=O)C(C)C)c1. The minimum atomic E-state index is -3.61. The summed E-state index contributed by atoms with van der Waals surface area (Å²) in [5, 5.41) is 5.45. The van der Waals surface area contributed by atoms with Gasteiger partial charge in [-0.05, 0) is 30.4 Å². The van der Waals surface area contributed by atoms with Gasteiger partial charge in [0, 0.05) is 19.0 Å². The molecule has 0 spiro atoms. The number of methoxy groups -OCH3 is 1. The fourth-order valence-electron chi connectivity index (χ4n) is 2.07. The Morgan fingerprint density at radius 1 is 1.28 bits per heavy atom. The standard InChI is InChI=1S/C16H25N3O4S2/c1-6-19(7-2)25(21,22)12-8-9-14(23-5)13(10-12)17-16(24)18-15(20)11(3)4/h8-11H,6-7H2,1-5H3,(H2,17,18,20,24). The van der Waals surface area contributed by atoms with Crippen LogP contribution in [-0.4, -0.2) is 43.9 Å².